The van der Waals surface area contributed by atoms with Gasteiger partial charge in [0.2, 0.25) is 0 Å². The van der Waals surface area contributed by atoms with Crippen LogP contribution in [0.2, 0.25) is 0 Å². The molecule has 1 aliphatic heterocycles. The summed E-state index contributed by atoms with van der Waals surface area (Å²) in [6, 6.07) is 0. The first-order chi connectivity index (χ1) is 8.20. The monoisotopic (exact) mass is 238 g/mol. The minimum Gasteiger partial charge on any atom is -0.476 e. The highest BCUT2D eigenvalue weighted by atomic mass is 16.5. The van der Waals surface area contributed by atoms with Gasteiger partial charge < -0.3 is 20.5 Å². The SMILES string of the molecule is NCC1CN(c2cnc(C(=O)O)cn2)CCO1. The zero-order valence-electron chi connectivity index (χ0n) is 9.24. The van der Waals surface area contributed by atoms with Crippen molar-refractivity contribution in [3.05, 3.63) is 18.1 Å². The predicted octanol–water partition coefficient (Wildman–Crippen LogP) is -0.661. The fourth-order valence-electron chi connectivity index (χ4n) is 1.66. The van der Waals surface area contributed by atoms with E-state index in [1.165, 1.54) is 12.4 Å². The van der Waals surface area contributed by atoms with Crippen LogP contribution in [0.4, 0.5) is 5.82 Å². The average molecular weight is 238 g/mol. The Morgan fingerprint density at radius 1 is 1.59 bits per heavy atom. The molecule has 1 aromatic rings. The number of morpholine rings is 1. The molecule has 7 nitrogen and oxygen atoms in total. The Labute approximate surface area is 98.2 Å². The summed E-state index contributed by atoms with van der Waals surface area (Å²) in [5.74, 6) is -0.428. The molecule has 1 unspecified atom stereocenters. The molecule has 0 radical (unpaired) electrons. The molecule has 0 bridgehead atoms. The molecule has 0 aromatic carbocycles. The maximum Gasteiger partial charge on any atom is 0.356 e. The van der Waals surface area contributed by atoms with Gasteiger partial charge in [0.25, 0.3) is 0 Å². The number of aromatic nitrogens is 2. The summed E-state index contributed by atoms with van der Waals surface area (Å²) < 4.78 is 5.43. The number of carbonyl (C=O) groups is 1. The molecule has 17 heavy (non-hydrogen) atoms. The van der Waals surface area contributed by atoms with E-state index in [9.17, 15) is 4.79 Å². The molecule has 2 heterocycles. The van der Waals surface area contributed by atoms with Crippen molar-refractivity contribution >= 4 is 11.8 Å². The highest BCUT2D eigenvalue weighted by Gasteiger charge is 2.20. The van der Waals surface area contributed by atoms with E-state index in [0.717, 1.165) is 0 Å². The van der Waals surface area contributed by atoms with Gasteiger partial charge in [0.1, 0.15) is 5.82 Å². The Morgan fingerprint density at radius 2 is 2.41 bits per heavy atom. The van der Waals surface area contributed by atoms with E-state index in [4.69, 9.17) is 15.6 Å². The number of aromatic carboxylic acids is 1. The van der Waals surface area contributed by atoms with Crippen molar-refractivity contribution in [3.8, 4) is 0 Å². The lowest BCUT2D eigenvalue weighted by Crippen LogP contribution is -2.46. The lowest BCUT2D eigenvalue weighted by molar-refractivity contribution is 0.0462. The van der Waals surface area contributed by atoms with E-state index in [-0.39, 0.29) is 11.8 Å². The molecule has 0 saturated carbocycles. The van der Waals surface area contributed by atoms with Gasteiger partial charge >= 0.3 is 5.97 Å². The van der Waals surface area contributed by atoms with E-state index in [2.05, 4.69) is 9.97 Å². The normalized spacial score (nSPS) is 20.3. The fraction of sp³-hybridized carbons (Fsp3) is 0.500. The number of carboxylic acid groups (broad SMARTS) is 1. The molecule has 3 N–H and O–H groups in total. The first-order valence-corrected chi connectivity index (χ1v) is 5.32. The fourth-order valence-corrected chi connectivity index (χ4v) is 1.66. The molecule has 0 amide bonds. The quantitative estimate of drug-likeness (QED) is 0.720. The van der Waals surface area contributed by atoms with Crippen LogP contribution in [0, 0.1) is 0 Å². The summed E-state index contributed by atoms with van der Waals surface area (Å²) in [5, 5.41) is 8.71. The van der Waals surface area contributed by atoms with Crippen molar-refractivity contribution < 1.29 is 14.6 Å². The van der Waals surface area contributed by atoms with Crippen LogP contribution in [-0.2, 0) is 4.74 Å². The Bertz CT molecular complexity index is 395. The van der Waals surface area contributed by atoms with Crippen LogP contribution in [0.25, 0.3) is 0 Å². The summed E-state index contributed by atoms with van der Waals surface area (Å²) in [6.07, 6.45) is 2.71. The van der Waals surface area contributed by atoms with E-state index < -0.39 is 5.97 Å². The second-order valence-electron chi connectivity index (χ2n) is 3.74. The zero-order valence-corrected chi connectivity index (χ0v) is 9.24. The van der Waals surface area contributed by atoms with Crippen LogP contribution < -0.4 is 10.6 Å². The summed E-state index contributed by atoms with van der Waals surface area (Å²) in [7, 11) is 0. The highest BCUT2D eigenvalue weighted by Crippen LogP contribution is 2.13. The number of nitrogens with zero attached hydrogens (tertiary/aromatic N) is 3. The van der Waals surface area contributed by atoms with E-state index >= 15 is 0 Å². The molecular weight excluding hydrogens is 224 g/mol. The predicted molar refractivity (Wildman–Crippen MR) is 60.0 cm³/mol. The topological polar surface area (TPSA) is 102 Å². The lowest BCUT2D eigenvalue weighted by Gasteiger charge is -2.32. The second kappa shape index (κ2) is 5.07. The first-order valence-electron chi connectivity index (χ1n) is 5.32. The van der Waals surface area contributed by atoms with Crippen molar-refractivity contribution in [3.63, 3.8) is 0 Å². The number of ether oxygens (including phenoxy) is 1. The molecule has 1 atom stereocenters. The zero-order chi connectivity index (χ0) is 12.3. The van der Waals surface area contributed by atoms with Gasteiger partial charge in [-0.3, -0.25) is 0 Å². The number of hydrogen-bond donors (Lipinski definition) is 2. The number of carboxylic acids is 1. The van der Waals surface area contributed by atoms with Crippen LogP contribution in [0.5, 0.6) is 0 Å². The van der Waals surface area contributed by atoms with E-state index in [1.807, 2.05) is 4.90 Å². The third-order valence-corrected chi connectivity index (χ3v) is 2.58. The van der Waals surface area contributed by atoms with Crippen molar-refractivity contribution in [1.29, 1.82) is 0 Å². The van der Waals surface area contributed by atoms with Crippen molar-refractivity contribution in [2.45, 2.75) is 6.10 Å². The minimum atomic E-state index is -1.08. The van der Waals surface area contributed by atoms with Gasteiger partial charge in [-0.1, -0.05) is 0 Å². The molecule has 1 saturated heterocycles. The third kappa shape index (κ3) is 2.69. The standard InChI is InChI=1S/C10H14N4O3/c11-3-7-6-14(1-2-17-7)9-5-12-8(4-13-9)10(15)16/h4-5,7H,1-3,6,11H2,(H,15,16). The Hall–Kier alpha value is -1.73. The molecular formula is C10H14N4O3. The summed E-state index contributed by atoms with van der Waals surface area (Å²) >= 11 is 0. The van der Waals surface area contributed by atoms with Gasteiger partial charge in [0.15, 0.2) is 5.69 Å². The third-order valence-electron chi connectivity index (χ3n) is 2.58. The molecule has 1 fully saturated rings. The Kier molecular flexibility index (Phi) is 3.50. The van der Waals surface area contributed by atoms with Crippen LogP contribution in [0.3, 0.4) is 0 Å². The Balaban J connectivity index is 2.08. The van der Waals surface area contributed by atoms with Gasteiger partial charge in [-0.2, -0.15) is 0 Å². The van der Waals surface area contributed by atoms with Gasteiger partial charge in [-0.25, -0.2) is 14.8 Å². The summed E-state index contributed by atoms with van der Waals surface area (Å²) in [6.45, 7) is 2.40. The average Bonchev–Trinajstić information content (AvgIpc) is 2.39. The molecule has 1 aromatic heterocycles. The smallest absolute Gasteiger partial charge is 0.356 e. The molecule has 7 heteroatoms. The number of anilines is 1. The highest BCUT2D eigenvalue weighted by molar-refractivity contribution is 5.84. The van der Waals surface area contributed by atoms with Gasteiger partial charge in [0, 0.05) is 19.6 Å². The van der Waals surface area contributed by atoms with Crippen molar-refractivity contribution in [1.82, 2.24) is 9.97 Å². The van der Waals surface area contributed by atoms with Crippen LogP contribution >= 0.6 is 0 Å². The largest absolute Gasteiger partial charge is 0.476 e. The first kappa shape index (κ1) is 11.7. The van der Waals surface area contributed by atoms with Gasteiger partial charge in [0.05, 0.1) is 25.1 Å². The van der Waals surface area contributed by atoms with Crippen LogP contribution in [0.1, 0.15) is 10.5 Å². The van der Waals surface area contributed by atoms with E-state index in [0.29, 0.717) is 32.1 Å². The lowest BCUT2D eigenvalue weighted by atomic mass is 10.3. The molecule has 0 spiro atoms. The molecule has 1 aliphatic rings. The number of nitrogens with two attached hydrogens (primary N) is 1. The minimum absolute atomic E-state index is 0.00954. The van der Waals surface area contributed by atoms with E-state index in [1.54, 1.807) is 0 Å². The Morgan fingerprint density at radius 3 is 3.00 bits per heavy atom. The van der Waals surface area contributed by atoms with Gasteiger partial charge in [-0.05, 0) is 0 Å². The summed E-state index contributed by atoms with van der Waals surface area (Å²) in [5.41, 5.74) is 5.48. The van der Waals surface area contributed by atoms with Crippen LogP contribution in [0.15, 0.2) is 12.4 Å². The maximum absolute atomic E-state index is 10.6. The number of hydrogen-bond acceptors (Lipinski definition) is 6. The maximum atomic E-state index is 10.6. The molecule has 92 valence electrons. The van der Waals surface area contributed by atoms with Crippen molar-refractivity contribution in [2.75, 3.05) is 31.1 Å². The van der Waals surface area contributed by atoms with Gasteiger partial charge in [-0.15, -0.1) is 0 Å². The molecule has 2 rings (SSSR count). The second-order valence-corrected chi connectivity index (χ2v) is 3.74. The summed E-state index contributed by atoms with van der Waals surface area (Å²) in [4.78, 5) is 20.5. The number of rotatable bonds is 3. The van der Waals surface area contributed by atoms with Crippen molar-refractivity contribution in [2.24, 2.45) is 5.73 Å². The van der Waals surface area contributed by atoms with Crippen LogP contribution in [-0.4, -0.2) is 53.4 Å². The molecule has 0 aliphatic carbocycles.